The molecule has 1 aliphatic heterocycles. The third-order valence-electron chi connectivity index (χ3n) is 6.15. The first-order valence-corrected chi connectivity index (χ1v) is 12.0. The molecule has 0 aliphatic carbocycles. The highest BCUT2D eigenvalue weighted by Gasteiger charge is 2.45. The van der Waals surface area contributed by atoms with E-state index < -0.39 is 17.7 Å². The first-order valence-electron chi connectivity index (χ1n) is 12.0. The molecular weight excluding hydrogens is 428 g/mol. The van der Waals surface area contributed by atoms with Gasteiger partial charge in [0, 0.05) is 12.1 Å². The van der Waals surface area contributed by atoms with E-state index in [9.17, 15) is 14.7 Å². The topological polar surface area (TPSA) is 70.1 Å². The average molecular weight is 465 g/mol. The molecule has 2 aromatic carbocycles. The van der Waals surface area contributed by atoms with Gasteiger partial charge in [-0.15, -0.1) is 0 Å². The fourth-order valence-electron chi connectivity index (χ4n) is 4.23. The van der Waals surface area contributed by atoms with Gasteiger partial charge in [0.05, 0.1) is 18.2 Å². The van der Waals surface area contributed by atoms with Crippen molar-refractivity contribution in [1.82, 2.24) is 9.80 Å². The van der Waals surface area contributed by atoms with Crippen LogP contribution in [0.3, 0.4) is 0 Å². The summed E-state index contributed by atoms with van der Waals surface area (Å²) in [4.78, 5) is 29.9. The molecule has 6 nitrogen and oxygen atoms in total. The Bertz CT molecular complexity index is 1060. The largest absolute Gasteiger partial charge is 0.507 e. The third kappa shape index (κ3) is 5.68. The number of rotatable bonds is 10. The minimum atomic E-state index is -0.647. The van der Waals surface area contributed by atoms with Crippen LogP contribution in [-0.2, 0) is 9.59 Å². The first-order chi connectivity index (χ1) is 16.2. The molecule has 1 atom stereocenters. The zero-order chi connectivity index (χ0) is 24.8. The Morgan fingerprint density at radius 1 is 1.06 bits per heavy atom. The molecule has 6 heteroatoms. The maximum Gasteiger partial charge on any atom is 0.295 e. The molecule has 0 spiro atoms. The number of aryl methyl sites for hydroxylation is 2. The summed E-state index contributed by atoms with van der Waals surface area (Å²) in [6.07, 6.45) is 2.75. The number of unbranched alkanes of at least 4 members (excludes halogenated alkanes) is 1. The molecule has 3 rings (SSSR count). The van der Waals surface area contributed by atoms with Gasteiger partial charge in [-0.3, -0.25) is 9.59 Å². The number of hydrogen-bond acceptors (Lipinski definition) is 5. The summed E-state index contributed by atoms with van der Waals surface area (Å²) in [7, 11) is 3.95. The standard InChI is InChI=1S/C28H36N2O4/c1-6-7-17-34-22-13-11-21(12-14-22)25-24(26(31)23-18-19(2)9-10-20(23)3)27(32)28(33)30(25)16-8-15-29(4)5/h9-14,18,25,31H,6-8,15-17H2,1-5H3/b26-24+. The van der Waals surface area contributed by atoms with Crippen molar-refractivity contribution in [2.75, 3.05) is 33.8 Å². The van der Waals surface area contributed by atoms with Crippen LogP contribution < -0.4 is 4.74 Å². The number of carbonyl (C=O) groups excluding carboxylic acids is 2. The van der Waals surface area contributed by atoms with Crippen LogP contribution in [0.15, 0.2) is 48.0 Å². The predicted molar refractivity (Wildman–Crippen MR) is 135 cm³/mol. The fourth-order valence-corrected chi connectivity index (χ4v) is 4.23. The highest BCUT2D eigenvalue weighted by atomic mass is 16.5. The van der Waals surface area contributed by atoms with Crippen LogP contribution in [-0.4, -0.2) is 60.4 Å². The molecule has 1 saturated heterocycles. The molecule has 0 bridgehead atoms. The summed E-state index contributed by atoms with van der Waals surface area (Å²) < 4.78 is 5.78. The highest BCUT2D eigenvalue weighted by Crippen LogP contribution is 2.40. The van der Waals surface area contributed by atoms with Crippen molar-refractivity contribution in [3.05, 3.63) is 70.3 Å². The maximum absolute atomic E-state index is 13.2. The Morgan fingerprint density at radius 3 is 2.41 bits per heavy atom. The Balaban J connectivity index is 2.04. The zero-order valence-electron chi connectivity index (χ0n) is 20.9. The molecule has 1 amide bonds. The van der Waals surface area contributed by atoms with Gasteiger partial charge in [-0.05, 0) is 76.7 Å². The molecule has 0 radical (unpaired) electrons. The van der Waals surface area contributed by atoms with Crippen LogP contribution in [0.1, 0.15) is 54.5 Å². The molecule has 0 aromatic heterocycles. The summed E-state index contributed by atoms with van der Waals surface area (Å²) in [5, 5.41) is 11.3. The number of likely N-dealkylation sites (tertiary alicyclic amines) is 1. The van der Waals surface area contributed by atoms with Crippen molar-refractivity contribution in [2.45, 2.75) is 46.1 Å². The number of benzene rings is 2. The lowest BCUT2D eigenvalue weighted by Crippen LogP contribution is -2.32. The normalized spacial score (nSPS) is 17.6. The lowest BCUT2D eigenvalue weighted by Gasteiger charge is -2.26. The molecule has 1 unspecified atom stereocenters. The van der Waals surface area contributed by atoms with E-state index in [0.29, 0.717) is 18.7 Å². The molecule has 1 fully saturated rings. The van der Waals surface area contributed by atoms with Gasteiger partial charge >= 0.3 is 0 Å². The fraction of sp³-hybridized carbons (Fsp3) is 0.429. The van der Waals surface area contributed by atoms with E-state index in [1.807, 2.05) is 75.3 Å². The third-order valence-corrected chi connectivity index (χ3v) is 6.15. The Kier molecular flexibility index (Phi) is 8.51. The number of ether oxygens (including phenoxy) is 1. The Morgan fingerprint density at radius 2 is 1.76 bits per heavy atom. The number of hydrogen-bond donors (Lipinski definition) is 1. The van der Waals surface area contributed by atoms with Crippen LogP contribution in [0.5, 0.6) is 5.75 Å². The van der Waals surface area contributed by atoms with Crippen molar-refractivity contribution in [3.8, 4) is 5.75 Å². The summed E-state index contributed by atoms with van der Waals surface area (Å²) in [6, 6.07) is 12.6. The number of nitrogens with zero attached hydrogens (tertiary/aromatic N) is 2. The number of carbonyl (C=O) groups is 2. The number of amides is 1. The highest BCUT2D eigenvalue weighted by molar-refractivity contribution is 6.46. The summed E-state index contributed by atoms with van der Waals surface area (Å²) >= 11 is 0. The van der Waals surface area contributed by atoms with Crippen molar-refractivity contribution in [1.29, 1.82) is 0 Å². The quantitative estimate of drug-likeness (QED) is 0.235. The molecule has 1 aliphatic rings. The van der Waals surface area contributed by atoms with E-state index in [0.717, 1.165) is 48.2 Å². The predicted octanol–water partition coefficient (Wildman–Crippen LogP) is 4.86. The van der Waals surface area contributed by atoms with Crippen LogP contribution in [0, 0.1) is 13.8 Å². The lowest BCUT2D eigenvalue weighted by molar-refractivity contribution is -0.139. The van der Waals surface area contributed by atoms with Crippen LogP contribution in [0.25, 0.3) is 5.76 Å². The number of Topliss-reactive ketones (excluding diaryl/α,β-unsaturated/α-hetero) is 1. The summed E-state index contributed by atoms with van der Waals surface area (Å²) in [6.45, 7) is 7.79. The summed E-state index contributed by atoms with van der Waals surface area (Å²) in [5.74, 6) is -0.588. The molecule has 1 N–H and O–H groups in total. The van der Waals surface area contributed by atoms with Crippen LogP contribution in [0.4, 0.5) is 0 Å². The molecule has 182 valence electrons. The van der Waals surface area contributed by atoms with Gasteiger partial charge in [0.2, 0.25) is 0 Å². The van der Waals surface area contributed by atoms with Crippen molar-refractivity contribution in [3.63, 3.8) is 0 Å². The van der Waals surface area contributed by atoms with Gasteiger partial charge in [0.25, 0.3) is 11.7 Å². The van der Waals surface area contributed by atoms with E-state index in [1.54, 1.807) is 4.90 Å². The van der Waals surface area contributed by atoms with Crippen molar-refractivity contribution >= 4 is 17.4 Å². The summed E-state index contributed by atoms with van der Waals surface area (Å²) in [5.41, 5.74) is 3.32. The molecular formula is C28H36N2O4. The van der Waals surface area contributed by atoms with Gasteiger partial charge in [-0.2, -0.15) is 0 Å². The monoisotopic (exact) mass is 464 g/mol. The smallest absolute Gasteiger partial charge is 0.295 e. The SMILES string of the molecule is CCCCOc1ccc(C2/C(=C(\O)c3cc(C)ccc3C)C(=O)C(=O)N2CCCN(C)C)cc1. The van der Waals surface area contributed by atoms with Gasteiger partial charge in [0.15, 0.2) is 0 Å². The average Bonchev–Trinajstić information content (AvgIpc) is 3.05. The van der Waals surface area contributed by atoms with Gasteiger partial charge in [-0.1, -0.05) is 43.2 Å². The van der Waals surface area contributed by atoms with E-state index in [1.165, 1.54) is 0 Å². The number of aliphatic hydroxyl groups excluding tert-OH is 1. The maximum atomic E-state index is 13.2. The van der Waals surface area contributed by atoms with Crippen LogP contribution >= 0.6 is 0 Å². The van der Waals surface area contributed by atoms with Gasteiger partial charge in [0.1, 0.15) is 11.5 Å². The van der Waals surface area contributed by atoms with Crippen molar-refractivity contribution in [2.24, 2.45) is 0 Å². The molecule has 1 heterocycles. The number of ketones is 1. The minimum absolute atomic E-state index is 0.122. The van der Waals surface area contributed by atoms with Crippen molar-refractivity contribution < 1.29 is 19.4 Å². The second kappa shape index (κ2) is 11.3. The molecule has 34 heavy (non-hydrogen) atoms. The molecule has 0 saturated carbocycles. The van der Waals surface area contributed by atoms with E-state index in [-0.39, 0.29) is 11.3 Å². The molecule has 2 aromatic rings. The first kappa shape index (κ1) is 25.5. The van der Waals surface area contributed by atoms with Gasteiger partial charge in [-0.25, -0.2) is 0 Å². The lowest BCUT2D eigenvalue weighted by atomic mass is 9.93. The number of aliphatic hydroxyl groups is 1. The Hall–Kier alpha value is -3.12. The van der Waals surface area contributed by atoms with E-state index in [4.69, 9.17) is 4.74 Å². The van der Waals surface area contributed by atoms with Gasteiger partial charge < -0.3 is 19.6 Å². The van der Waals surface area contributed by atoms with E-state index >= 15 is 0 Å². The second-order valence-corrected chi connectivity index (χ2v) is 9.24. The zero-order valence-corrected chi connectivity index (χ0v) is 20.9. The minimum Gasteiger partial charge on any atom is -0.507 e. The van der Waals surface area contributed by atoms with Crippen LogP contribution in [0.2, 0.25) is 0 Å². The Labute approximate surface area is 202 Å². The van der Waals surface area contributed by atoms with E-state index in [2.05, 4.69) is 6.92 Å². The second-order valence-electron chi connectivity index (χ2n) is 9.24.